The molecule has 6 aliphatic rings. The molecule has 2 heteroatoms. The minimum Gasteiger partial charge on any atom is -0.117 e. The second-order valence-corrected chi connectivity index (χ2v) is 25.6. The van der Waals surface area contributed by atoms with E-state index in [-0.39, 0.29) is 22.6 Å². The summed E-state index contributed by atoms with van der Waals surface area (Å²) in [7, 11) is 0. The monoisotopic (exact) mass is 1010 g/mol. The van der Waals surface area contributed by atoms with Crippen molar-refractivity contribution in [3.63, 3.8) is 0 Å². The van der Waals surface area contributed by atoms with E-state index in [1.807, 2.05) is 0 Å². The molecule has 0 N–H and O–H groups in total. The van der Waals surface area contributed by atoms with Crippen molar-refractivity contribution in [2.45, 2.75) is 203 Å². The molecule has 74 heavy (non-hydrogen) atoms. The molecule has 0 radical (unpaired) electrons. The van der Waals surface area contributed by atoms with Crippen LogP contribution in [0, 0.1) is 0 Å². The molecule has 8 aromatic carbocycles. The van der Waals surface area contributed by atoms with E-state index in [1.165, 1.54) is 213 Å². The average molecular weight is 1010 g/mol. The number of unbranched alkanes of at least 4 members (excludes halogenated alkanes) is 12. The number of hydrogen-bond acceptors (Lipinski definition) is 0. The number of alkyl halides is 2. The Morgan fingerprint density at radius 2 is 0.649 bits per heavy atom. The van der Waals surface area contributed by atoms with Crippen LogP contribution in [0.3, 0.4) is 0 Å². The molecule has 0 fully saturated rings. The predicted octanol–water partition coefficient (Wildman–Crippen LogP) is 21.8. The van der Waals surface area contributed by atoms with Gasteiger partial charge in [-0.25, -0.2) is 0 Å². The van der Waals surface area contributed by atoms with Crippen molar-refractivity contribution < 1.29 is 0 Å². The van der Waals surface area contributed by atoms with Crippen molar-refractivity contribution in [3.05, 3.63) is 140 Å². The highest BCUT2D eigenvalue weighted by Gasteiger charge is 2.49. The number of hydrogen-bond donors (Lipinski definition) is 0. The highest BCUT2D eigenvalue weighted by atomic mass is 35.5. The molecule has 6 atom stereocenters. The summed E-state index contributed by atoms with van der Waals surface area (Å²) in [5.41, 5.74) is 30.3. The van der Waals surface area contributed by atoms with Crippen LogP contribution in [0.25, 0.3) is 87.6 Å². The summed E-state index contributed by atoms with van der Waals surface area (Å²) in [5, 5.41) is 11.9. The summed E-state index contributed by atoms with van der Waals surface area (Å²) in [4.78, 5) is 0. The number of fused-ring (bicyclic) bond motifs is 16. The van der Waals surface area contributed by atoms with Crippen LogP contribution in [-0.2, 0) is 38.5 Å². The Bertz CT molecular complexity index is 3450. The highest BCUT2D eigenvalue weighted by molar-refractivity contribution is 6.26. The van der Waals surface area contributed by atoms with Crippen molar-refractivity contribution >= 4 is 66.3 Å². The minimum absolute atomic E-state index is 0.0806. The number of rotatable bonds is 20. The summed E-state index contributed by atoms with van der Waals surface area (Å²) in [6, 6.07) is 31.4. The van der Waals surface area contributed by atoms with Crippen molar-refractivity contribution in [1.29, 1.82) is 0 Å². The second kappa shape index (κ2) is 18.0. The Kier molecular flexibility index (Phi) is 11.3. The quantitative estimate of drug-likeness (QED) is 0.0527. The van der Waals surface area contributed by atoms with Gasteiger partial charge in [0, 0.05) is 11.8 Å². The van der Waals surface area contributed by atoms with Gasteiger partial charge in [-0.1, -0.05) is 153 Å². The Balaban J connectivity index is 1.05. The van der Waals surface area contributed by atoms with E-state index >= 15 is 0 Å². The Morgan fingerprint density at radius 3 is 0.986 bits per heavy atom. The molecule has 0 aliphatic heterocycles. The Labute approximate surface area is 451 Å². The van der Waals surface area contributed by atoms with Gasteiger partial charge in [0.05, 0.1) is 10.8 Å². The fourth-order valence-corrected chi connectivity index (χ4v) is 18.7. The first-order chi connectivity index (χ1) is 36.4. The lowest BCUT2D eigenvalue weighted by atomic mass is 9.69. The molecule has 8 aromatic rings. The summed E-state index contributed by atoms with van der Waals surface area (Å²) < 4.78 is 0. The van der Waals surface area contributed by atoms with Gasteiger partial charge in [-0.05, 0) is 255 Å². The molecule has 0 spiro atoms. The molecule has 376 valence electrons. The third kappa shape index (κ3) is 6.40. The van der Waals surface area contributed by atoms with Crippen molar-refractivity contribution in [2.75, 3.05) is 0 Å². The molecule has 0 heterocycles. The van der Waals surface area contributed by atoms with Gasteiger partial charge in [0.2, 0.25) is 0 Å². The van der Waals surface area contributed by atoms with E-state index in [0.29, 0.717) is 11.8 Å². The van der Waals surface area contributed by atoms with Crippen molar-refractivity contribution in [3.8, 4) is 44.5 Å². The summed E-state index contributed by atoms with van der Waals surface area (Å²) in [6.45, 7) is 9.41. The van der Waals surface area contributed by atoms with Crippen LogP contribution in [-0.4, -0.2) is 0 Å². The van der Waals surface area contributed by atoms with Gasteiger partial charge < -0.3 is 0 Å². The lowest BCUT2D eigenvalue weighted by Gasteiger charge is -2.38. The van der Waals surface area contributed by atoms with Gasteiger partial charge in [-0.3, -0.25) is 0 Å². The SMILES string of the molecule is CCCCCCc1c2c3c(CCCCCC)c4cc5c(cc14)-c1ccc4c6c(ccc-5c16)C1C(Cl)c5c(c(CCCCCC)c6cc7c(cc6c5CCCCCC)-c5ccc6c8c(ccc-7c58)C(C2)C6C3Cl)CC41. The zero-order valence-corrected chi connectivity index (χ0v) is 46.2. The van der Waals surface area contributed by atoms with E-state index in [9.17, 15) is 0 Å². The van der Waals surface area contributed by atoms with Gasteiger partial charge in [0.15, 0.2) is 0 Å². The molecule has 0 aromatic heterocycles. The second-order valence-electron chi connectivity index (χ2n) is 24.6. The van der Waals surface area contributed by atoms with Gasteiger partial charge in [-0.15, -0.1) is 23.2 Å². The number of benzene rings is 8. The molecular formula is C72H74Cl2. The smallest absolute Gasteiger partial charge is 0.0665 e. The molecule has 0 saturated carbocycles. The summed E-state index contributed by atoms with van der Waals surface area (Å²) in [6.07, 6.45) is 26.7. The lowest BCUT2D eigenvalue weighted by Crippen LogP contribution is -2.24. The Morgan fingerprint density at radius 1 is 0.338 bits per heavy atom. The zero-order chi connectivity index (χ0) is 49.7. The molecule has 0 saturated heterocycles. The molecular weight excluding hydrogens is 936 g/mol. The Hall–Kier alpha value is -4.62. The van der Waals surface area contributed by atoms with E-state index in [1.54, 1.807) is 44.5 Å². The maximum absolute atomic E-state index is 8.47. The highest BCUT2D eigenvalue weighted by Crippen LogP contribution is 2.67. The predicted molar refractivity (Wildman–Crippen MR) is 319 cm³/mol. The fourth-order valence-electron chi connectivity index (χ4n) is 17.5. The van der Waals surface area contributed by atoms with E-state index in [0.717, 1.165) is 38.5 Å². The van der Waals surface area contributed by atoms with Crippen molar-refractivity contribution in [1.82, 2.24) is 0 Å². The van der Waals surface area contributed by atoms with E-state index in [2.05, 4.69) is 100 Å². The maximum atomic E-state index is 8.47. The minimum atomic E-state index is -0.0806. The van der Waals surface area contributed by atoms with Crippen LogP contribution in [0.5, 0.6) is 0 Å². The number of halogens is 2. The molecule has 0 nitrogen and oxygen atoms in total. The van der Waals surface area contributed by atoms with Crippen LogP contribution in [0.4, 0.5) is 0 Å². The van der Waals surface area contributed by atoms with Gasteiger partial charge in [0.1, 0.15) is 0 Å². The maximum Gasteiger partial charge on any atom is 0.0665 e. The molecule has 14 rings (SSSR count). The zero-order valence-electron chi connectivity index (χ0n) is 44.7. The topological polar surface area (TPSA) is 0 Å². The van der Waals surface area contributed by atoms with Gasteiger partial charge in [-0.2, -0.15) is 0 Å². The fraction of sp³-hybridized carbons (Fsp3) is 0.444. The first kappa shape index (κ1) is 46.7. The summed E-state index contributed by atoms with van der Waals surface area (Å²) in [5.74, 6) is 1.24. The van der Waals surface area contributed by atoms with Gasteiger partial charge in [0.25, 0.3) is 0 Å². The molecule has 0 bridgehead atoms. The molecule has 0 amide bonds. The first-order valence-corrected chi connectivity index (χ1v) is 31.1. The number of aryl methyl sites for hydroxylation is 4. The third-order valence-electron chi connectivity index (χ3n) is 20.8. The van der Waals surface area contributed by atoms with Crippen LogP contribution >= 0.6 is 23.2 Å². The van der Waals surface area contributed by atoms with Crippen LogP contribution in [0.2, 0.25) is 0 Å². The van der Waals surface area contributed by atoms with Crippen LogP contribution in [0.1, 0.15) is 232 Å². The normalized spacial score (nSPS) is 21.0. The van der Waals surface area contributed by atoms with E-state index < -0.39 is 0 Å². The largest absolute Gasteiger partial charge is 0.117 e. The van der Waals surface area contributed by atoms with Gasteiger partial charge >= 0.3 is 0 Å². The third-order valence-corrected chi connectivity index (χ3v) is 21.8. The standard InChI is InChI=1S/C72H74Cl2/c1-5-9-13-17-21-39-51-33-55-43-25-28-48-62-38-60-40(22-18-14-10-6-2)52-34-56-44-26-27-47-61-37-59(39)67-41(23-19-15-11-7-3)53(51)35-57(55)45-29-32-50(66(48)63(43)45)70(62)72(74)68(60)42(24-20-16-12-8-4)54(52)36-58(56)46-30-31-49(65(47)64(44)46)69(61)71(67)73/h25-36,61-62,69-72H,5-24,37-38H2,1-4H3. The van der Waals surface area contributed by atoms with Crippen molar-refractivity contribution in [2.24, 2.45) is 0 Å². The summed E-state index contributed by atoms with van der Waals surface area (Å²) >= 11 is 16.9. The van der Waals surface area contributed by atoms with Crippen LogP contribution < -0.4 is 0 Å². The lowest BCUT2D eigenvalue weighted by molar-refractivity contribution is 0.503. The average Bonchev–Trinajstić information content (AvgIpc) is 4.19. The van der Waals surface area contributed by atoms with E-state index in [4.69, 9.17) is 23.2 Å². The molecule has 6 aliphatic carbocycles. The first-order valence-electron chi connectivity index (χ1n) is 30.2. The van der Waals surface area contributed by atoms with Crippen LogP contribution in [0.15, 0.2) is 72.8 Å². The molecule has 6 unspecified atom stereocenters.